The monoisotopic (exact) mass is 437 g/mol. The highest BCUT2D eigenvalue weighted by molar-refractivity contribution is 7.16. The highest BCUT2D eigenvalue weighted by Crippen LogP contribution is 2.23. The number of nitro benzene ring substituents is 1. The zero-order valence-corrected chi connectivity index (χ0v) is 17.0. The molecule has 2 aromatic carbocycles. The van der Waals surface area contributed by atoms with Crippen LogP contribution >= 0.6 is 11.3 Å². The van der Waals surface area contributed by atoms with E-state index in [-0.39, 0.29) is 29.3 Å². The van der Waals surface area contributed by atoms with E-state index < -0.39 is 16.8 Å². The quantitative estimate of drug-likeness (QED) is 0.267. The van der Waals surface area contributed by atoms with Crippen molar-refractivity contribution in [1.82, 2.24) is 14.5 Å². The van der Waals surface area contributed by atoms with Crippen LogP contribution in [0.15, 0.2) is 53.7 Å². The summed E-state index contributed by atoms with van der Waals surface area (Å²) in [6.07, 6.45) is 1.34. The summed E-state index contributed by atoms with van der Waals surface area (Å²) >= 11 is 1.06. The summed E-state index contributed by atoms with van der Waals surface area (Å²) in [5, 5.41) is 11.1. The molecule has 31 heavy (non-hydrogen) atoms. The first-order valence-corrected chi connectivity index (χ1v) is 10.0. The van der Waals surface area contributed by atoms with Crippen molar-refractivity contribution in [3.05, 3.63) is 69.3 Å². The molecule has 0 aliphatic heterocycles. The molecule has 0 N–H and O–H groups in total. The predicted octanol–water partition coefficient (Wildman–Crippen LogP) is 2.86. The number of hydrogen-bond acceptors (Lipinski definition) is 8. The van der Waals surface area contributed by atoms with Crippen molar-refractivity contribution in [1.29, 1.82) is 0 Å². The third-order valence-corrected chi connectivity index (χ3v) is 5.38. The van der Waals surface area contributed by atoms with Gasteiger partial charge in [-0.15, -0.1) is 0 Å². The summed E-state index contributed by atoms with van der Waals surface area (Å²) in [7, 11) is 0. The van der Waals surface area contributed by atoms with Crippen molar-refractivity contribution in [2.75, 3.05) is 6.61 Å². The van der Waals surface area contributed by atoms with Crippen LogP contribution in [-0.2, 0) is 16.1 Å². The van der Waals surface area contributed by atoms with Crippen molar-refractivity contribution in [3.63, 3.8) is 0 Å². The molecule has 2 aromatic heterocycles. The summed E-state index contributed by atoms with van der Waals surface area (Å²) < 4.78 is 7.01. The first-order chi connectivity index (χ1) is 15.0. The molecule has 0 saturated heterocycles. The molecule has 0 atom stereocenters. The Labute approximate surface area is 178 Å². The Morgan fingerprint density at radius 1 is 1.23 bits per heavy atom. The third kappa shape index (κ3) is 4.16. The minimum Gasteiger partial charge on any atom is -0.465 e. The number of benzene rings is 2. The molecule has 0 fully saturated rings. The van der Waals surface area contributed by atoms with Gasteiger partial charge in [0, 0.05) is 12.1 Å². The van der Waals surface area contributed by atoms with Gasteiger partial charge < -0.3 is 9.30 Å². The molecule has 0 aliphatic carbocycles. The maximum Gasteiger partial charge on any atom is 0.326 e. The molecule has 0 aliphatic rings. The Kier molecular flexibility index (Phi) is 5.50. The van der Waals surface area contributed by atoms with Crippen LogP contribution in [0.3, 0.4) is 0 Å². The van der Waals surface area contributed by atoms with Crippen LogP contribution in [0.5, 0.6) is 0 Å². The van der Waals surface area contributed by atoms with Gasteiger partial charge in [-0.05, 0) is 25.1 Å². The molecule has 156 valence electrons. The van der Waals surface area contributed by atoms with Crippen LogP contribution in [0.4, 0.5) is 5.69 Å². The summed E-state index contributed by atoms with van der Waals surface area (Å²) in [6.45, 7) is 1.69. The molecule has 4 aromatic rings. The van der Waals surface area contributed by atoms with Crippen molar-refractivity contribution in [2.45, 2.75) is 13.5 Å². The molecule has 0 spiro atoms. The molecule has 2 heterocycles. The standard InChI is InChI=1S/C20H15N5O5S/c1-2-30-18(26)11-24-16-8-7-12(25(28)29)9-17(16)31-20(24)23-19(27)15-10-21-13-5-3-4-6-14(13)22-15/h3-10H,2,11H2,1H3. The van der Waals surface area contributed by atoms with Crippen LogP contribution in [0.1, 0.15) is 17.4 Å². The van der Waals surface area contributed by atoms with E-state index >= 15 is 0 Å². The van der Waals surface area contributed by atoms with Crippen molar-refractivity contribution in [2.24, 2.45) is 4.99 Å². The highest BCUT2D eigenvalue weighted by atomic mass is 32.1. The first kappa shape index (κ1) is 20.3. The number of ether oxygens (including phenoxy) is 1. The minimum absolute atomic E-state index is 0.0461. The molecular formula is C20H15N5O5S. The topological polar surface area (TPSA) is 130 Å². The van der Waals surface area contributed by atoms with E-state index in [2.05, 4.69) is 15.0 Å². The normalized spacial score (nSPS) is 11.7. The number of thiazole rings is 1. The van der Waals surface area contributed by atoms with Crippen molar-refractivity contribution < 1.29 is 19.2 Å². The molecule has 0 bridgehead atoms. The van der Waals surface area contributed by atoms with Crippen molar-refractivity contribution >= 4 is 50.2 Å². The number of carbonyl (C=O) groups is 2. The van der Waals surface area contributed by atoms with E-state index in [9.17, 15) is 19.7 Å². The molecule has 4 rings (SSSR count). The number of nitrogens with zero attached hydrogens (tertiary/aromatic N) is 5. The Morgan fingerprint density at radius 3 is 2.74 bits per heavy atom. The fraction of sp³-hybridized carbons (Fsp3) is 0.150. The van der Waals surface area contributed by atoms with E-state index in [1.807, 2.05) is 6.07 Å². The van der Waals surface area contributed by atoms with Gasteiger partial charge >= 0.3 is 5.97 Å². The Morgan fingerprint density at radius 2 is 2.00 bits per heavy atom. The Hall–Kier alpha value is -3.99. The zero-order valence-electron chi connectivity index (χ0n) is 16.2. The Balaban J connectivity index is 1.82. The second-order valence-electron chi connectivity index (χ2n) is 6.35. The number of amides is 1. The minimum atomic E-state index is -0.642. The van der Waals surface area contributed by atoms with Crippen LogP contribution in [-0.4, -0.2) is 37.9 Å². The molecule has 10 nitrogen and oxygen atoms in total. The summed E-state index contributed by atoms with van der Waals surface area (Å²) in [4.78, 5) is 48.3. The SMILES string of the molecule is CCOC(=O)Cn1c(=NC(=O)c2cnc3ccccc3n2)sc2cc([N+](=O)[O-])ccc21. The van der Waals surface area contributed by atoms with E-state index in [0.29, 0.717) is 21.3 Å². The van der Waals surface area contributed by atoms with Gasteiger partial charge in [0.25, 0.3) is 11.6 Å². The van der Waals surface area contributed by atoms with Crippen LogP contribution in [0.25, 0.3) is 21.3 Å². The number of fused-ring (bicyclic) bond motifs is 2. The van der Waals surface area contributed by atoms with E-state index in [1.54, 1.807) is 25.1 Å². The second kappa shape index (κ2) is 8.40. The van der Waals surface area contributed by atoms with Crippen LogP contribution < -0.4 is 4.80 Å². The number of aromatic nitrogens is 3. The van der Waals surface area contributed by atoms with Gasteiger partial charge in [0.05, 0.1) is 39.0 Å². The zero-order chi connectivity index (χ0) is 22.0. The number of para-hydroxylation sites is 2. The molecule has 11 heteroatoms. The summed E-state index contributed by atoms with van der Waals surface area (Å²) in [6, 6.07) is 11.3. The molecule has 0 radical (unpaired) electrons. The van der Waals surface area contributed by atoms with Crippen LogP contribution in [0, 0.1) is 10.1 Å². The lowest BCUT2D eigenvalue weighted by Crippen LogP contribution is -2.23. The number of nitro groups is 1. The maximum absolute atomic E-state index is 12.8. The summed E-state index contributed by atoms with van der Waals surface area (Å²) in [5.41, 5.74) is 1.67. The molecule has 0 saturated carbocycles. The largest absolute Gasteiger partial charge is 0.465 e. The van der Waals surface area contributed by atoms with Gasteiger partial charge in [0.15, 0.2) is 4.80 Å². The van der Waals surface area contributed by atoms with Gasteiger partial charge in [-0.2, -0.15) is 4.99 Å². The third-order valence-electron chi connectivity index (χ3n) is 4.33. The highest BCUT2D eigenvalue weighted by Gasteiger charge is 2.16. The average Bonchev–Trinajstić information content (AvgIpc) is 3.09. The van der Waals surface area contributed by atoms with Gasteiger partial charge in [-0.1, -0.05) is 23.5 Å². The lowest BCUT2D eigenvalue weighted by atomic mass is 10.3. The van der Waals surface area contributed by atoms with E-state index in [0.717, 1.165) is 11.3 Å². The second-order valence-corrected chi connectivity index (χ2v) is 7.35. The number of non-ortho nitro benzene ring substituents is 1. The first-order valence-electron chi connectivity index (χ1n) is 9.20. The number of carbonyl (C=O) groups excluding carboxylic acids is 2. The maximum atomic E-state index is 12.8. The van der Waals surface area contributed by atoms with Gasteiger partial charge in [-0.3, -0.25) is 24.7 Å². The fourth-order valence-corrected chi connectivity index (χ4v) is 4.01. The predicted molar refractivity (Wildman–Crippen MR) is 113 cm³/mol. The van der Waals surface area contributed by atoms with E-state index in [1.165, 1.54) is 29.0 Å². The fourth-order valence-electron chi connectivity index (χ4n) is 2.95. The smallest absolute Gasteiger partial charge is 0.326 e. The van der Waals surface area contributed by atoms with Gasteiger partial charge in [0.2, 0.25) is 0 Å². The van der Waals surface area contributed by atoms with Gasteiger partial charge in [0.1, 0.15) is 12.2 Å². The Bertz CT molecular complexity index is 1410. The molecule has 1 amide bonds. The number of hydrogen-bond donors (Lipinski definition) is 0. The lowest BCUT2D eigenvalue weighted by molar-refractivity contribution is -0.384. The summed E-state index contributed by atoms with van der Waals surface area (Å²) in [5.74, 6) is -1.16. The average molecular weight is 437 g/mol. The van der Waals surface area contributed by atoms with E-state index in [4.69, 9.17) is 4.74 Å². The molecule has 0 unspecified atom stereocenters. The number of esters is 1. The van der Waals surface area contributed by atoms with Crippen molar-refractivity contribution in [3.8, 4) is 0 Å². The van der Waals surface area contributed by atoms with Gasteiger partial charge in [-0.25, -0.2) is 4.98 Å². The molecular weight excluding hydrogens is 422 g/mol. The number of rotatable bonds is 5. The lowest BCUT2D eigenvalue weighted by Gasteiger charge is -2.05. The van der Waals surface area contributed by atoms with Crippen LogP contribution in [0.2, 0.25) is 0 Å².